The lowest BCUT2D eigenvalue weighted by atomic mass is 9.77. The molecule has 0 unspecified atom stereocenters. The Labute approximate surface area is 194 Å². The molecule has 0 atom stereocenters. The number of aryl methyl sites for hydroxylation is 1. The summed E-state index contributed by atoms with van der Waals surface area (Å²) >= 11 is 0. The highest BCUT2D eigenvalue weighted by Gasteiger charge is 2.22. The molecule has 1 aliphatic carbocycles. The van der Waals surface area contributed by atoms with Gasteiger partial charge < -0.3 is 5.11 Å². The van der Waals surface area contributed by atoms with Crippen LogP contribution in [0.1, 0.15) is 82.3 Å². The van der Waals surface area contributed by atoms with Gasteiger partial charge in [-0.1, -0.05) is 94.1 Å². The highest BCUT2D eigenvalue weighted by atomic mass is 16.3. The van der Waals surface area contributed by atoms with E-state index >= 15 is 0 Å². The molecule has 3 aromatic rings. The Kier molecular flexibility index (Phi) is 7.68. The van der Waals surface area contributed by atoms with Gasteiger partial charge >= 0.3 is 0 Å². The summed E-state index contributed by atoms with van der Waals surface area (Å²) in [4.78, 5) is 0. The van der Waals surface area contributed by atoms with Gasteiger partial charge in [-0.3, -0.25) is 0 Å². The lowest BCUT2D eigenvalue weighted by molar-refractivity contribution is 0.303. The van der Waals surface area contributed by atoms with Gasteiger partial charge in [-0.25, -0.2) is 0 Å². The fourth-order valence-electron chi connectivity index (χ4n) is 5.40. The van der Waals surface area contributed by atoms with Crippen molar-refractivity contribution in [2.24, 2.45) is 5.92 Å². The maximum atomic E-state index is 9.60. The van der Waals surface area contributed by atoms with Crippen LogP contribution < -0.4 is 0 Å². The zero-order valence-electron chi connectivity index (χ0n) is 19.8. The van der Waals surface area contributed by atoms with Crippen LogP contribution >= 0.6 is 0 Å². The normalized spacial score (nSPS) is 18.6. The summed E-state index contributed by atoms with van der Waals surface area (Å²) in [7, 11) is 0. The maximum Gasteiger partial charge on any atom is 0.115 e. The lowest BCUT2D eigenvalue weighted by Gasteiger charge is -2.29. The number of rotatable bonds is 8. The summed E-state index contributed by atoms with van der Waals surface area (Å²) in [5.74, 6) is 2.03. The van der Waals surface area contributed by atoms with Crippen LogP contribution in [-0.2, 0) is 6.42 Å². The first-order valence-corrected chi connectivity index (χ1v) is 12.7. The molecule has 0 saturated heterocycles. The minimum Gasteiger partial charge on any atom is -0.508 e. The highest BCUT2D eigenvalue weighted by Crippen LogP contribution is 2.38. The monoisotopic (exact) mass is 426 g/mol. The predicted molar refractivity (Wildman–Crippen MR) is 137 cm³/mol. The third-order valence-corrected chi connectivity index (χ3v) is 7.44. The third kappa shape index (κ3) is 5.44. The molecular weight excluding hydrogens is 388 g/mol. The van der Waals surface area contributed by atoms with Gasteiger partial charge in [0.05, 0.1) is 0 Å². The summed E-state index contributed by atoms with van der Waals surface area (Å²) in [6.07, 6.45) is 12.1. The number of aromatic hydroxyl groups is 1. The van der Waals surface area contributed by atoms with Crippen LogP contribution in [0.25, 0.3) is 22.3 Å². The first kappa shape index (κ1) is 22.6. The molecule has 1 saturated carbocycles. The Morgan fingerprint density at radius 2 is 1.38 bits per heavy atom. The van der Waals surface area contributed by atoms with Crippen molar-refractivity contribution in [3.63, 3.8) is 0 Å². The predicted octanol–water partition coefficient (Wildman–Crippen LogP) is 9.14. The highest BCUT2D eigenvalue weighted by molar-refractivity contribution is 5.74. The number of phenolic OH excluding ortho intramolecular Hbond substituents is 1. The number of benzene rings is 3. The van der Waals surface area contributed by atoms with E-state index in [-0.39, 0.29) is 0 Å². The molecule has 0 aromatic heterocycles. The van der Waals surface area contributed by atoms with E-state index in [1.54, 1.807) is 12.1 Å². The second kappa shape index (κ2) is 10.9. The smallest absolute Gasteiger partial charge is 0.115 e. The first-order valence-electron chi connectivity index (χ1n) is 12.7. The minimum absolute atomic E-state index is 0.313. The van der Waals surface area contributed by atoms with Crippen molar-refractivity contribution in [1.29, 1.82) is 0 Å². The van der Waals surface area contributed by atoms with Gasteiger partial charge in [-0.15, -0.1) is 0 Å². The maximum absolute atomic E-state index is 9.60. The van der Waals surface area contributed by atoms with E-state index in [4.69, 9.17) is 0 Å². The molecule has 3 aromatic carbocycles. The van der Waals surface area contributed by atoms with E-state index < -0.39 is 0 Å². The fourth-order valence-corrected chi connectivity index (χ4v) is 5.40. The van der Waals surface area contributed by atoms with Crippen LogP contribution in [0.2, 0.25) is 0 Å². The van der Waals surface area contributed by atoms with Crippen LogP contribution in [-0.4, -0.2) is 5.11 Å². The van der Waals surface area contributed by atoms with Crippen LogP contribution in [0.5, 0.6) is 5.75 Å². The summed E-state index contributed by atoms with van der Waals surface area (Å²) in [6.45, 7) is 4.51. The van der Waals surface area contributed by atoms with Crippen molar-refractivity contribution in [3.8, 4) is 28.0 Å². The molecule has 1 N–H and O–H groups in total. The summed E-state index contributed by atoms with van der Waals surface area (Å²) in [5.41, 5.74) is 7.87. The van der Waals surface area contributed by atoms with E-state index in [2.05, 4.69) is 56.3 Å². The second-order valence-corrected chi connectivity index (χ2v) is 9.61. The van der Waals surface area contributed by atoms with E-state index in [0.29, 0.717) is 5.75 Å². The Balaban J connectivity index is 1.43. The van der Waals surface area contributed by atoms with Gasteiger partial charge in [0, 0.05) is 0 Å². The van der Waals surface area contributed by atoms with Gasteiger partial charge in [0.15, 0.2) is 0 Å². The van der Waals surface area contributed by atoms with Gasteiger partial charge in [0.2, 0.25) is 0 Å². The van der Waals surface area contributed by atoms with Crippen LogP contribution in [0.4, 0.5) is 0 Å². The van der Waals surface area contributed by atoms with E-state index in [0.717, 1.165) is 23.8 Å². The SMILES string of the molecule is CCCCCC1CCC(c2ccc(-c3ccc(-c4ccc(O)cc4)c(CC)c3)cc2)CC1. The van der Waals surface area contributed by atoms with Crippen LogP contribution in [0.15, 0.2) is 66.7 Å². The minimum atomic E-state index is 0.313. The molecule has 1 aliphatic rings. The van der Waals surface area contributed by atoms with Gasteiger partial charge in [0.1, 0.15) is 5.75 Å². The van der Waals surface area contributed by atoms with Gasteiger partial charge in [-0.2, -0.15) is 0 Å². The molecule has 0 amide bonds. The lowest BCUT2D eigenvalue weighted by Crippen LogP contribution is -2.13. The topological polar surface area (TPSA) is 20.2 Å². The van der Waals surface area contributed by atoms with Crippen molar-refractivity contribution in [2.45, 2.75) is 77.6 Å². The van der Waals surface area contributed by atoms with Crippen LogP contribution in [0.3, 0.4) is 0 Å². The molecule has 1 heteroatoms. The average Bonchev–Trinajstić information content (AvgIpc) is 2.85. The number of phenols is 1. The zero-order valence-corrected chi connectivity index (χ0v) is 19.8. The molecule has 1 nitrogen and oxygen atoms in total. The van der Waals surface area contributed by atoms with Crippen LogP contribution in [0, 0.1) is 5.92 Å². The van der Waals surface area contributed by atoms with Gasteiger partial charge in [0.25, 0.3) is 0 Å². The Morgan fingerprint density at radius 3 is 2.03 bits per heavy atom. The molecular formula is C31H38O. The van der Waals surface area contributed by atoms with Crippen molar-refractivity contribution in [1.82, 2.24) is 0 Å². The third-order valence-electron chi connectivity index (χ3n) is 7.44. The first-order chi connectivity index (χ1) is 15.7. The van der Waals surface area contributed by atoms with Crippen molar-refractivity contribution >= 4 is 0 Å². The largest absolute Gasteiger partial charge is 0.508 e. The van der Waals surface area contributed by atoms with Gasteiger partial charge in [-0.05, 0) is 89.5 Å². The van der Waals surface area contributed by atoms with E-state index in [9.17, 15) is 5.11 Å². The molecule has 0 heterocycles. The molecule has 1 fully saturated rings. The molecule has 0 bridgehead atoms. The second-order valence-electron chi connectivity index (χ2n) is 9.61. The van der Waals surface area contributed by atoms with Crippen molar-refractivity contribution < 1.29 is 5.11 Å². The molecule has 0 radical (unpaired) electrons. The number of hydrogen-bond donors (Lipinski definition) is 1. The van der Waals surface area contributed by atoms with Crippen molar-refractivity contribution in [2.75, 3.05) is 0 Å². The summed E-state index contributed by atoms with van der Waals surface area (Å²) < 4.78 is 0. The Bertz CT molecular complexity index is 976. The molecule has 32 heavy (non-hydrogen) atoms. The molecule has 0 spiro atoms. The molecule has 4 rings (SSSR count). The van der Waals surface area contributed by atoms with E-state index in [1.165, 1.54) is 79.2 Å². The zero-order chi connectivity index (χ0) is 22.3. The summed E-state index contributed by atoms with van der Waals surface area (Å²) in [6, 6.07) is 23.7. The van der Waals surface area contributed by atoms with E-state index in [1.807, 2.05) is 12.1 Å². The summed E-state index contributed by atoms with van der Waals surface area (Å²) in [5, 5.41) is 9.60. The standard InChI is InChI=1S/C31H38O/c1-3-5-6-7-23-8-10-25(11-9-23)26-12-14-27(15-13-26)29-18-21-31(24(4-2)22-29)28-16-19-30(32)20-17-28/h12-23,25,32H,3-11H2,1-2H3. The number of hydrogen-bond acceptors (Lipinski definition) is 1. The molecule has 0 aliphatic heterocycles. The van der Waals surface area contributed by atoms with Crippen molar-refractivity contribution in [3.05, 3.63) is 77.9 Å². The quantitative estimate of drug-likeness (QED) is 0.356. The number of unbranched alkanes of at least 4 members (excludes halogenated alkanes) is 2. The Morgan fingerprint density at radius 1 is 0.719 bits per heavy atom. The average molecular weight is 427 g/mol. The Hall–Kier alpha value is -2.54. The fraction of sp³-hybridized carbons (Fsp3) is 0.419. The molecule has 168 valence electrons.